The van der Waals surface area contributed by atoms with Gasteiger partial charge in [-0.3, -0.25) is 19.7 Å². The quantitative estimate of drug-likeness (QED) is 0.310. The molecule has 2 fully saturated rings. The number of nitrogens with zero attached hydrogens (tertiary/aromatic N) is 4. The molecule has 3 rings (SSSR count). The van der Waals surface area contributed by atoms with Crippen molar-refractivity contribution >= 4 is 23.2 Å². The van der Waals surface area contributed by atoms with Crippen molar-refractivity contribution in [2.24, 2.45) is 24.0 Å². The van der Waals surface area contributed by atoms with E-state index in [-0.39, 0.29) is 13.0 Å². The lowest BCUT2D eigenvalue weighted by Gasteiger charge is -2.24. The standard InChI is InChI=1S/C15H17N4O6/c1-17-5-6-18(8-17)7-11(20)25-16-13-14(21)9-3-2-4-10(19(23)24)12(9)15(13)22/h5-6,8-10,12H,2-4,7H2,1H3/q+1/b16-13+. The predicted molar refractivity (Wildman–Crippen MR) is 80.8 cm³/mol. The summed E-state index contributed by atoms with van der Waals surface area (Å²) < 4.78 is 3.27. The first kappa shape index (κ1) is 16.9. The van der Waals surface area contributed by atoms with E-state index < -0.39 is 46.0 Å². The molecule has 1 aromatic heterocycles. The third-order valence-corrected chi connectivity index (χ3v) is 4.61. The molecule has 2 aliphatic carbocycles. The number of Topliss-reactive ketones (excluding diaryl/α,β-unsaturated/α-hetero) is 2. The number of aromatic nitrogens is 2. The molecule has 10 heteroatoms. The number of hydrogen-bond acceptors (Lipinski definition) is 7. The van der Waals surface area contributed by atoms with Crippen LogP contribution in [0.2, 0.25) is 0 Å². The Morgan fingerprint density at radius 3 is 2.84 bits per heavy atom. The number of imidazole rings is 1. The Kier molecular flexibility index (Phi) is 4.43. The van der Waals surface area contributed by atoms with Crippen LogP contribution >= 0.6 is 0 Å². The van der Waals surface area contributed by atoms with Crippen LogP contribution in [0.4, 0.5) is 0 Å². The fraction of sp³-hybridized carbons (Fsp3) is 0.533. The number of fused-ring (bicyclic) bond motifs is 1. The SMILES string of the molecule is C[n+]1ccn(CC(=O)O/N=C2\C(=O)C3CCCC([N+](=O)[O-])C3C2=O)c1. The third-order valence-electron chi connectivity index (χ3n) is 4.61. The molecule has 2 saturated carbocycles. The molecule has 0 aliphatic heterocycles. The summed E-state index contributed by atoms with van der Waals surface area (Å²) >= 11 is 0. The second kappa shape index (κ2) is 6.54. The van der Waals surface area contributed by atoms with Crippen LogP contribution in [0.15, 0.2) is 23.9 Å². The van der Waals surface area contributed by atoms with E-state index in [4.69, 9.17) is 0 Å². The summed E-state index contributed by atoms with van der Waals surface area (Å²) in [5.74, 6) is -3.75. The van der Waals surface area contributed by atoms with Crippen LogP contribution < -0.4 is 4.57 Å². The largest absolute Gasteiger partial charge is 0.376 e. The van der Waals surface area contributed by atoms with Crippen LogP contribution in [-0.2, 0) is 32.8 Å². The molecular weight excluding hydrogens is 332 g/mol. The fourth-order valence-corrected chi connectivity index (χ4v) is 3.48. The number of nitro groups is 1. The zero-order valence-corrected chi connectivity index (χ0v) is 13.5. The molecule has 10 nitrogen and oxygen atoms in total. The van der Waals surface area contributed by atoms with E-state index in [0.29, 0.717) is 12.8 Å². The zero-order chi connectivity index (χ0) is 18.1. The van der Waals surface area contributed by atoms with Crippen molar-refractivity contribution < 1.29 is 28.7 Å². The lowest BCUT2D eigenvalue weighted by Crippen LogP contribution is -2.39. The van der Waals surface area contributed by atoms with E-state index in [2.05, 4.69) is 9.99 Å². The Balaban J connectivity index is 1.72. The molecule has 1 aromatic rings. The van der Waals surface area contributed by atoms with Crippen molar-refractivity contribution in [3.05, 3.63) is 28.8 Å². The van der Waals surface area contributed by atoms with Crippen LogP contribution in [0.3, 0.4) is 0 Å². The Hall–Kier alpha value is -2.91. The van der Waals surface area contributed by atoms with Gasteiger partial charge >= 0.3 is 5.97 Å². The second-order valence-electron chi connectivity index (χ2n) is 6.30. The summed E-state index contributed by atoms with van der Waals surface area (Å²) in [5.41, 5.74) is -0.491. The molecule has 0 spiro atoms. The Labute approximate surface area is 142 Å². The average Bonchev–Trinajstić information content (AvgIpc) is 3.08. The van der Waals surface area contributed by atoms with Gasteiger partial charge in [0.05, 0.1) is 7.05 Å². The second-order valence-corrected chi connectivity index (χ2v) is 6.30. The van der Waals surface area contributed by atoms with Gasteiger partial charge < -0.3 is 4.84 Å². The van der Waals surface area contributed by atoms with Crippen molar-refractivity contribution in [3.8, 4) is 0 Å². The predicted octanol–water partition coefficient (Wildman–Crippen LogP) is -0.575. The first-order valence-corrected chi connectivity index (χ1v) is 7.89. The minimum atomic E-state index is -1.08. The van der Waals surface area contributed by atoms with E-state index in [1.807, 2.05) is 0 Å². The summed E-state index contributed by atoms with van der Waals surface area (Å²) in [6.07, 6.45) is 6.19. The minimum Gasteiger partial charge on any atom is -0.313 e. The van der Waals surface area contributed by atoms with Gasteiger partial charge in [-0.1, -0.05) is 5.16 Å². The topological polar surface area (TPSA) is 125 Å². The van der Waals surface area contributed by atoms with Gasteiger partial charge in [-0.05, 0) is 12.8 Å². The summed E-state index contributed by atoms with van der Waals surface area (Å²) in [6.45, 7) is -0.135. The molecule has 1 heterocycles. The number of carbonyl (C=O) groups excluding carboxylic acids is 3. The van der Waals surface area contributed by atoms with Gasteiger partial charge in [0.25, 0.3) is 0 Å². The van der Waals surface area contributed by atoms with Gasteiger partial charge in [-0.2, -0.15) is 0 Å². The van der Waals surface area contributed by atoms with Crippen LogP contribution in [0.5, 0.6) is 0 Å². The summed E-state index contributed by atoms with van der Waals surface area (Å²) in [6, 6.07) is -1.08. The summed E-state index contributed by atoms with van der Waals surface area (Å²) in [7, 11) is 1.78. The number of oxime groups is 1. The maximum absolute atomic E-state index is 12.4. The third kappa shape index (κ3) is 3.19. The van der Waals surface area contributed by atoms with E-state index in [0.717, 1.165) is 0 Å². The normalized spacial score (nSPS) is 27.4. The van der Waals surface area contributed by atoms with Crippen molar-refractivity contribution in [2.45, 2.75) is 31.8 Å². The van der Waals surface area contributed by atoms with Crippen LogP contribution in [-0.4, -0.2) is 38.8 Å². The number of aryl methyl sites for hydroxylation is 1. The van der Waals surface area contributed by atoms with Crippen LogP contribution in [0.25, 0.3) is 0 Å². The molecule has 0 amide bonds. The molecule has 25 heavy (non-hydrogen) atoms. The number of carbonyl (C=O) groups is 3. The maximum Gasteiger partial charge on any atom is 0.376 e. The van der Waals surface area contributed by atoms with Gasteiger partial charge in [-0.15, -0.1) is 0 Å². The molecular formula is C15H17N4O6+. The highest BCUT2D eigenvalue weighted by atomic mass is 16.7. The van der Waals surface area contributed by atoms with Crippen molar-refractivity contribution in [3.63, 3.8) is 0 Å². The lowest BCUT2D eigenvalue weighted by molar-refractivity contribution is -0.671. The molecule has 3 unspecified atom stereocenters. The maximum atomic E-state index is 12.4. The van der Waals surface area contributed by atoms with Gasteiger partial charge in [0.2, 0.25) is 12.4 Å². The molecule has 0 saturated heterocycles. The van der Waals surface area contributed by atoms with E-state index in [9.17, 15) is 24.5 Å². The Morgan fingerprint density at radius 2 is 2.20 bits per heavy atom. The van der Waals surface area contributed by atoms with Gasteiger partial charge in [0, 0.05) is 17.3 Å². The van der Waals surface area contributed by atoms with Gasteiger partial charge in [-0.25, -0.2) is 13.9 Å². The summed E-state index contributed by atoms with van der Waals surface area (Å²) in [5, 5.41) is 14.6. The van der Waals surface area contributed by atoms with Crippen LogP contribution in [0, 0.1) is 22.0 Å². The number of hydrogen-bond donors (Lipinski definition) is 0. The molecule has 2 aliphatic rings. The highest BCUT2D eigenvalue weighted by Crippen LogP contribution is 2.38. The van der Waals surface area contributed by atoms with Crippen molar-refractivity contribution in [1.29, 1.82) is 0 Å². The zero-order valence-electron chi connectivity index (χ0n) is 13.5. The fourth-order valence-electron chi connectivity index (χ4n) is 3.48. The molecule has 132 valence electrons. The minimum absolute atomic E-state index is 0.135. The Morgan fingerprint density at radius 1 is 1.44 bits per heavy atom. The Bertz CT molecular complexity index is 783. The lowest BCUT2D eigenvalue weighted by atomic mass is 9.77. The average molecular weight is 349 g/mol. The van der Waals surface area contributed by atoms with Crippen LogP contribution in [0.1, 0.15) is 19.3 Å². The smallest absolute Gasteiger partial charge is 0.313 e. The number of rotatable bonds is 4. The molecule has 0 radical (unpaired) electrons. The molecule has 3 atom stereocenters. The number of ketones is 2. The van der Waals surface area contributed by atoms with Gasteiger partial charge in [0.1, 0.15) is 18.3 Å². The van der Waals surface area contributed by atoms with E-state index >= 15 is 0 Å². The van der Waals surface area contributed by atoms with E-state index in [1.54, 1.807) is 34.9 Å². The molecule has 0 N–H and O–H groups in total. The molecule has 0 aromatic carbocycles. The van der Waals surface area contributed by atoms with Crippen molar-refractivity contribution in [2.75, 3.05) is 0 Å². The van der Waals surface area contributed by atoms with Crippen molar-refractivity contribution in [1.82, 2.24) is 4.57 Å². The summed E-state index contributed by atoms with van der Waals surface area (Å²) in [4.78, 5) is 51.8. The monoisotopic (exact) mass is 349 g/mol. The molecule has 0 bridgehead atoms. The first-order valence-electron chi connectivity index (χ1n) is 7.89. The highest BCUT2D eigenvalue weighted by molar-refractivity contribution is 6.70. The first-order chi connectivity index (χ1) is 11.9. The van der Waals surface area contributed by atoms with E-state index in [1.165, 1.54) is 0 Å². The highest BCUT2D eigenvalue weighted by Gasteiger charge is 2.56. The van der Waals surface area contributed by atoms with Gasteiger partial charge in [0.15, 0.2) is 23.8 Å².